The van der Waals surface area contributed by atoms with Crippen LogP contribution < -0.4 is 20.3 Å². The van der Waals surface area contributed by atoms with E-state index in [4.69, 9.17) is 4.74 Å². The summed E-state index contributed by atoms with van der Waals surface area (Å²) in [6.07, 6.45) is 5.22. The van der Waals surface area contributed by atoms with E-state index in [1.54, 1.807) is 6.20 Å². The summed E-state index contributed by atoms with van der Waals surface area (Å²) in [6, 6.07) is 10.0. The molecule has 1 fully saturated rings. The van der Waals surface area contributed by atoms with Crippen molar-refractivity contribution in [3.05, 3.63) is 42.1 Å². The van der Waals surface area contributed by atoms with E-state index in [1.807, 2.05) is 32.2 Å². The Balaban J connectivity index is 1.36. The van der Waals surface area contributed by atoms with Gasteiger partial charge in [0.2, 0.25) is 11.9 Å². The monoisotopic (exact) mass is 397 g/mol. The maximum absolute atomic E-state index is 12.3. The van der Waals surface area contributed by atoms with Crippen molar-refractivity contribution in [2.75, 3.05) is 43.5 Å². The number of benzene rings is 1. The molecule has 1 amide bonds. The van der Waals surface area contributed by atoms with Crippen LogP contribution in [0.15, 0.2) is 36.5 Å². The fraction of sp³-hybridized carbons (Fsp3) is 0.500. The van der Waals surface area contributed by atoms with Gasteiger partial charge in [-0.3, -0.25) is 4.79 Å². The molecule has 0 bridgehead atoms. The lowest BCUT2D eigenvalue weighted by Gasteiger charge is -2.32. The topological polar surface area (TPSA) is 79.4 Å². The maximum atomic E-state index is 12.3. The summed E-state index contributed by atoms with van der Waals surface area (Å²) >= 11 is 0. The molecule has 3 rings (SSSR count). The molecule has 1 aliphatic rings. The molecule has 1 aliphatic heterocycles. The Hall–Kier alpha value is -2.83. The number of ether oxygens (including phenoxy) is 1. The lowest BCUT2D eigenvalue weighted by Crippen LogP contribution is -2.36. The summed E-state index contributed by atoms with van der Waals surface area (Å²) in [5, 5.41) is 6.04. The summed E-state index contributed by atoms with van der Waals surface area (Å²) < 4.78 is 5.45. The highest BCUT2D eigenvalue weighted by Crippen LogP contribution is 2.24. The van der Waals surface area contributed by atoms with E-state index in [2.05, 4.69) is 37.6 Å². The number of hydrogen-bond donors (Lipinski definition) is 2. The Labute approximate surface area is 172 Å². The number of hydrogen-bond acceptors (Lipinski definition) is 6. The van der Waals surface area contributed by atoms with Crippen LogP contribution in [0.5, 0.6) is 5.75 Å². The van der Waals surface area contributed by atoms with Gasteiger partial charge in [-0.15, -0.1) is 0 Å². The third-order valence-corrected chi connectivity index (χ3v) is 5.25. The standard InChI is InChI=1S/C22H31N5O2/c1-3-29-19-6-4-17(5-7-19)8-12-24-21(28)16-18-10-14-27(15-11-18)20-9-13-25-22(23-2)26-20/h4-7,9,13,18H,3,8,10-12,14-16H2,1-2H3,(H,24,28)(H,23,25,26). The van der Waals surface area contributed by atoms with E-state index in [1.165, 1.54) is 5.56 Å². The first-order chi connectivity index (χ1) is 14.2. The predicted molar refractivity (Wildman–Crippen MR) is 115 cm³/mol. The highest BCUT2D eigenvalue weighted by atomic mass is 16.5. The highest BCUT2D eigenvalue weighted by Gasteiger charge is 2.22. The molecule has 0 spiro atoms. The molecule has 7 nitrogen and oxygen atoms in total. The van der Waals surface area contributed by atoms with Gasteiger partial charge in [-0.05, 0) is 55.9 Å². The minimum atomic E-state index is 0.147. The number of amides is 1. The molecule has 29 heavy (non-hydrogen) atoms. The van der Waals surface area contributed by atoms with Gasteiger partial charge >= 0.3 is 0 Å². The molecule has 1 saturated heterocycles. The Morgan fingerprint density at radius 1 is 1.21 bits per heavy atom. The Morgan fingerprint density at radius 3 is 2.66 bits per heavy atom. The third-order valence-electron chi connectivity index (χ3n) is 5.25. The molecule has 0 atom stereocenters. The predicted octanol–water partition coefficient (Wildman–Crippen LogP) is 2.88. The van der Waals surface area contributed by atoms with E-state index < -0.39 is 0 Å². The van der Waals surface area contributed by atoms with Crippen molar-refractivity contribution in [1.29, 1.82) is 0 Å². The minimum Gasteiger partial charge on any atom is -0.494 e. The zero-order valence-electron chi connectivity index (χ0n) is 17.4. The fourth-order valence-electron chi connectivity index (χ4n) is 3.61. The van der Waals surface area contributed by atoms with Crippen LogP contribution >= 0.6 is 0 Å². The number of anilines is 2. The average Bonchev–Trinajstić information content (AvgIpc) is 2.76. The van der Waals surface area contributed by atoms with Crippen molar-refractivity contribution >= 4 is 17.7 Å². The second-order valence-corrected chi connectivity index (χ2v) is 7.30. The second-order valence-electron chi connectivity index (χ2n) is 7.30. The number of carbonyl (C=O) groups is 1. The SMILES string of the molecule is CCOc1ccc(CCNC(=O)CC2CCN(c3ccnc(NC)n3)CC2)cc1. The van der Waals surface area contributed by atoms with Gasteiger partial charge in [0.1, 0.15) is 11.6 Å². The van der Waals surface area contributed by atoms with E-state index in [-0.39, 0.29) is 5.91 Å². The molecule has 2 N–H and O–H groups in total. The van der Waals surface area contributed by atoms with E-state index in [0.717, 1.165) is 43.9 Å². The van der Waals surface area contributed by atoms with Gasteiger partial charge in [0.15, 0.2) is 0 Å². The van der Waals surface area contributed by atoms with Crippen LogP contribution in [0, 0.1) is 5.92 Å². The lowest BCUT2D eigenvalue weighted by molar-refractivity contribution is -0.122. The zero-order valence-corrected chi connectivity index (χ0v) is 17.4. The minimum absolute atomic E-state index is 0.147. The summed E-state index contributed by atoms with van der Waals surface area (Å²) in [7, 11) is 1.82. The van der Waals surface area contributed by atoms with Crippen molar-refractivity contribution in [2.45, 2.75) is 32.6 Å². The van der Waals surface area contributed by atoms with Gasteiger partial charge < -0.3 is 20.3 Å². The first-order valence-corrected chi connectivity index (χ1v) is 10.4. The van der Waals surface area contributed by atoms with Crippen molar-refractivity contribution in [3.8, 4) is 5.75 Å². The molecule has 156 valence electrons. The number of piperidine rings is 1. The van der Waals surface area contributed by atoms with Crippen molar-refractivity contribution in [3.63, 3.8) is 0 Å². The number of nitrogens with one attached hydrogen (secondary N) is 2. The molecule has 0 unspecified atom stereocenters. The molecular weight excluding hydrogens is 366 g/mol. The van der Waals surface area contributed by atoms with Gasteiger partial charge in [0.25, 0.3) is 0 Å². The van der Waals surface area contributed by atoms with Crippen molar-refractivity contribution in [2.24, 2.45) is 5.92 Å². The molecule has 0 saturated carbocycles. The van der Waals surface area contributed by atoms with Crippen LogP contribution in [-0.2, 0) is 11.2 Å². The maximum Gasteiger partial charge on any atom is 0.224 e. The highest BCUT2D eigenvalue weighted by molar-refractivity contribution is 5.76. The van der Waals surface area contributed by atoms with Gasteiger partial charge in [0, 0.05) is 39.3 Å². The van der Waals surface area contributed by atoms with Gasteiger partial charge in [0.05, 0.1) is 6.61 Å². The molecule has 2 heterocycles. The Morgan fingerprint density at radius 2 is 1.97 bits per heavy atom. The number of carbonyl (C=O) groups excluding carboxylic acids is 1. The molecule has 1 aromatic carbocycles. The summed E-state index contributed by atoms with van der Waals surface area (Å²) in [4.78, 5) is 23.2. The zero-order chi connectivity index (χ0) is 20.5. The largest absolute Gasteiger partial charge is 0.494 e. The van der Waals surface area contributed by atoms with Gasteiger partial charge in [-0.25, -0.2) is 4.98 Å². The first-order valence-electron chi connectivity index (χ1n) is 10.4. The Kier molecular flexibility index (Phi) is 7.67. The second kappa shape index (κ2) is 10.6. The van der Waals surface area contributed by atoms with Crippen molar-refractivity contribution < 1.29 is 9.53 Å². The molecule has 7 heteroatoms. The van der Waals surface area contributed by atoms with Crippen LogP contribution in [0.25, 0.3) is 0 Å². The van der Waals surface area contributed by atoms with Crippen LogP contribution in [-0.4, -0.2) is 49.2 Å². The molecule has 0 radical (unpaired) electrons. The number of nitrogens with zero attached hydrogens (tertiary/aromatic N) is 3. The van der Waals surface area contributed by atoms with Crippen LogP contribution in [0.2, 0.25) is 0 Å². The molecular formula is C22H31N5O2. The third kappa shape index (κ3) is 6.34. The summed E-state index contributed by atoms with van der Waals surface area (Å²) in [5.41, 5.74) is 1.20. The molecule has 0 aliphatic carbocycles. The fourth-order valence-corrected chi connectivity index (χ4v) is 3.61. The lowest BCUT2D eigenvalue weighted by atomic mass is 9.93. The first kappa shape index (κ1) is 20.9. The molecule has 1 aromatic heterocycles. The normalized spacial score (nSPS) is 14.5. The molecule has 2 aromatic rings. The van der Waals surface area contributed by atoms with E-state index >= 15 is 0 Å². The van der Waals surface area contributed by atoms with Gasteiger partial charge in [-0.1, -0.05) is 12.1 Å². The van der Waals surface area contributed by atoms with Crippen LogP contribution in [0.4, 0.5) is 11.8 Å². The number of rotatable bonds is 9. The van der Waals surface area contributed by atoms with E-state index in [0.29, 0.717) is 31.4 Å². The van der Waals surface area contributed by atoms with E-state index in [9.17, 15) is 4.79 Å². The summed E-state index contributed by atoms with van der Waals surface area (Å²) in [5.74, 6) is 3.05. The number of aromatic nitrogens is 2. The Bertz CT molecular complexity index is 773. The van der Waals surface area contributed by atoms with Gasteiger partial charge in [-0.2, -0.15) is 4.98 Å². The van der Waals surface area contributed by atoms with Crippen molar-refractivity contribution in [1.82, 2.24) is 15.3 Å². The average molecular weight is 398 g/mol. The summed E-state index contributed by atoms with van der Waals surface area (Å²) in [6.45, 7) is 5.15. The quantitative estimate of drug-likeness (QED) is 0.677. The smallest absolute Gasteiger partial charge is 0.224 e. The van der Waals surface area contributed by atoms with Crippen LogP contribution in [0.3, 0.4) is 0 Å². The van der Waals surface area contributed by atoms with Crippen LogP contribution in [0.1, 0.15) is 31.7 Å².